The van der Waals surface area contributed by atoms with E-state index >= 15 is 0 Å². The highest BCUT2D eigenvalue weighted by Crippen LogP contribution is 2.47. The van der Waals surface area contributed by atoms with Gasteiger partial charge in [0.2, 0.25) is 0 Å². The number of hydrogen-bond donors (Lipinski definition) is 1. The number of piperidine rings is 1. The Labute approximate surface area is 126 Å². The van der Waals surface area contributed by atoms with Gasteiger partial charge in [-0.2, -0.15) is 0 Å². The molecule has 2 atom stereocenters. The van der Waals surface area contributed by atoms with Crippen molar-refractivity contribution in [1.82, 2.24) is 4.90 Å². The maximum atomic E-state index is 12.5. The number of nitrogens with zero attached hydrogens (tertiary/aromatic N) is 1. The monoisotopic (exact) mass is 297 g/mol. The molecule has 1 heterocycles. The molecule has 1 aliphatic heterocycles. The van der Waals surface area contributed by atoms with Gasteiger partial charge in [0.15, 0.2) is 0 Å². The maximum absolute atomic E-state index is 12.5. The van der Waals surface area contributed by atoms with Gasteiger partial charge in [-0.05, 0) is 53.4 Å². The van der Waals surface area contributed by atoms with Crippen LogP contribution in [0.4, 0.5) is 4.79 Å². The van der Waals surface area contributed by atoms with E-state index in [4.69, 9.17) is 4.74 Å². The lowest BCUT2D eigenvalue weighted by Gasteiger charge is -2.39. The zero-order valence-corrected chi connectivity index (χ0v) is 13.5. The first kappa shape index (κ1) is 16.3. The summed E-state index contributed by atoms with van der Waals surface area (Å²) in [4.78, 5) is 26.3. The molecule has 2 aliphatic rings. The summed E-state index contributed by atoms with van der Waals surface area (Å²) < 4.78 is 5.38. The number of aliphatic hydroxyl groups is 1. The maximum Gasteiger partial charge on any atom is 0.410 e. The largest absolute Gasteiger partial charge is 0.444 e. The van der Waals surface area contributed by atoms with Crippen molar-refractivity contribution < 1.29 is 19.4 Å². The summed E-state index contributed by atoms with van der Waals surface area (Å²) in [7, 11) is 0. The zero-order chi connectivity index (χ0) is 15.8. The first-order chi connectivity index (χ1) is 9.65. The van der Waals surface area contributed by atoms with Crippen molar-refractivity contribution in [2.24, 2.45) is 11.3 Å². The number of likely N-dealkylation sites (tertiary alicyclic amines) is 1. The van der Waals surface area contributed by atoms with Crippen LogP contribution in [0.3, 0.4) is 0 Å². The van der Waals surface area contributed by atoms with Gasteiger partial charge >= 0.3 is 6.09 Å². The van der Waals surface area contributed by atoms with Crippen LogP contribution in [0, 0.1) is 11.3 Å². The Morgan fingerprint density at radius 3 is 2.33 bits per heavy atom. The standard InChI is InChI=1S/C16H27NO4/c1-11(18)12-5-6-16(13(12)19)7-9-17(10-8-16)14(20)21-15(2,3)4/h11-12,18H,5-10H2,1-4H3. The normalized spacial score (nSPS) is 27.0. The molecule has 0 bridgehead atoms. The Morgan fingerprint density at radius 2 is 1.90 bits per heavy atom. The predicted molar refractivity (Wildman–Crippen MR) is 78.9 cm³/mol. The second-order valence-corrected chi connectivity index (χ2v) is 7.50. The summed E-state index contributed by atoms with van der Waals surface area (Å²) in [5.74, 6) is -0.0283. The molecule has 1 aliphatic carbocycles. The quantitative estimate of drug-likeness (QED) is 0.807. The number of rotatable bonds is 1. The van der Waals surface area contributed by atoms with E-state index in [9.17, 15) is 14.7 Å². The van der Waals surface area contributed by atoms with E-state index in [0.29, 0.717) is 25.9 Å². The summed E-state index contributed by atoms with van der Waals surface area (Å²) in [6.45, 7) is 8.37. The predicted octanol–water partition coefficient (Wildman–Crippen LogP) is 2.36. The highest BCUT2D eigenvalue weighted by Gasteiger charge is 2.50. The van der Waals surface area contributed by atoms with Crippen LogP contribution in [-0.4, -0.2) is 46.7 Å². The summed E-state index contributed by atoms with van der Waals surface area (Å²) in [5.41, 5.74) is -0.813. The van der Waals surface area contributed by atoms with Gasteiger partial charge in [-0.3, -0.25) is 4.79 Å². The molecule has 1 amide bonds. The lowest BCUT2D eigenvalue weighted by molar-refractivity contribution is -0.133. The number of carbonyl (C=O) groups is 2. The van der Waals surface area contributed by atoms with E-state index < -0.39 is 11.7 Å². The minimum Gasteiger partial charge on any atom is -0.444 e. The molecule has 1 spiro atoms. The third kappa shape index (κ3) is 3.39. The SMILES string of the molecule is CC(O)C1CCC2(CCN(C(=O)OC(C)(C)C)CC2)C1=O. The van der Waals surface area contributed by atoms with Crippen molar-refractivity contribution in [3.05, 3.63) is 0 Å². The average Bonchev–Trinajstić information content (AvgIpc) is 2.66. The fourth-order valence-electron chi connectivity index (χ4n) is 3.48. The molecule has 1 N–H and O–H groups in total. The third-order valence-electron chi connectivity index (χ3n) is 4.75. The van der Waals surface area contributed by atoms with E-state index in [-0.39, 0.29) is 23.2 Å². The number of aliphatic hydroxyl groups excluding tert-OH is 1. The zero-order valence-electron chi connectivity index (χ0n) is 13.5. The minimum absolute atomic E-state index is 0.196. The highest BCUT2D eigenvalue weighted by molar-refractivity contribution is 5.89. The van der Waals surface area contributed by atoms with Crippen LogP contribution in [0.15, 0.2) is 0 Å². The van der Waals surface area contributed by atoms with Crippen LogP contribution >= 0.6 is 0 Å². The number of ether oxygens (including phenoxy) is 1. The van der Waals surface area contributed by atoms with Gasteiger partial charge in [0, 0.05) is 24.4 Å². The molecule has 5 heteroatoms. The van der Waals surface area contributed by atoms with E-state index in [1.54, 1.807) is 11.8 Å². The molecule has 0 aromatic rings. The molecule has 0 radical (unpaired) electrons. The third-order valence-corrected chi connectivity index (χ3v) is 4.75. The molecular formula is C16H27NO4. The summed E-state index contributed by atoms with van der Waals surface area (Å²) in [6, 6.07) is 0. The summed E-state index contributed by atoms with van der Waals surface area (Å²) in [6.07, 6.45) is 2.12. The first-order valence-electron chi connectivity index (χ1n) is 7.85. The molecule has 1 saturated carbocycles. The van der Waals surface area contributed by atoms with Crippen LogP contribution in [0.1, 0.15) is 53.4 Å². The van der Waals surface area contributed by atoms with Gasteiger partial charge in [0.1, 0.15) is 11.4 Å². The van der Waals surface area contributed by atoms with Crippen molar-refractivity contribution in [1.29, 1.82) is 0 Å². The van der Waals surface area contributed by atoms with Crippen LogP contribution in [-0.2, 0) is 9.53 Å². The second-order valence-electron chi connectivity index (χ2n) is 7.50. The molecule has 0 aromatic carbocycles. The van der Waals surface area contributed by atoms with E-state index in [0.717, 1.165) is 12.8 Å². The molecular weight excluding hydrogens is 270 g/mol. The van der Waals surface area contributed by atoms with E-state index in [1.165, 1.54) is 0 Å². The Hall–Kier alpha value is -1.10. The summed E-state index contributed by atoms with van der Waals surface area (Å²) in [5, 5.41) is 9.70. The lowest BCUT2D eigenvalue weighted by Crippen LogP contribution is -2.47. The molecule has 2 unspecified atom stereocenters. The molecule has 120 valence electrons. The molecule has 5 nitrogen and oxygen atoms in total. The van der Waals surface area contributed by atoms with Crippen molar-refractivity contribution in [3.8, 4) is 0 Å². The molecule has 2 rings (SSSR count). The van der Waals surface area contributed by atoms with Gasteiger partial charge in [-0.15, -0.1) is 0 Å². The number of amides is 1. The fourth-order valence-corrected chi connectivity index (χ4v) is 3.48. The first-order valence-corrected chi connectivity index (χ1v) is 7.85. The van der Waals surface area contributed by atoms with E-state index in [1.807, 2.05) is 20.8 Å². The number of carbonyl (C=O) groups excluding carboxylic acids is 2. The molecule has 1 saturated heterocycles. The van der Waals surface area contributed by atoms with Crippen molar-refractivity contribution >= 4 is 11.9 Å². The van der Waals surface area contributed by atoms with E-state index in [2.05, 4.69) is 0 Å². The Balaban J connectivity index is 1.95. The van der Waals surface area contributed by atoms with Crippen LogP contribution < -0.4 is 0 Å². The van der Waals surface area contributed by atoms with Gasteiger partial charge in [0.25, 0.3) is 0 Å². The Bertz CT molecular complexity index is 416. The molecule has 0 aromatic heterocycles. The lowest BCUT2D eigenvalue weighted by atomic mass is 9.75. The minimum atomic E-state index is -0.569. The average molecular weight is 297 g/mol. The molecule has 2 fully saturated rings. The number of ketones is 1. The van der Waals surface area contributed by atoms with Gasteiger partial charge in [-0.1, -0.05) is 0 Å². The fraction of sp³-hybridized carbons (Fsp3) is 0.875. The van der Waals surface area contributed by atoms with Gasteiger partial charge in [0.05, 0.1) is 6.10 Å². The highest BCUT2D eigenvalue weighted by atomic mass is 16.6. The summed E-state index contributed by atoms with van der Waals surface area (Å²) >= 11 is 0. The van der Waals surface area contributed by atoms with Crippen LogP contribution in [0.5, 0.6) is 0 Å². The Morgan fingerprint density at radius 1 is 1.33 bits per heavy atom. The Kier molecular flexibility index (Phi) is 4.34. The van der Waals surface area contributed by atoms with Crippen LogP contribution in [0.25, 0.3) is 0 Å². The van der Waals surface area contributed by atoms with Crippen molar-refractivity contribution in [2.45, 2.75) is 65.1 Å². The molecule has 21 heavy (non-hydrogen) atoms. The number of hydrogen-bond acceptors (Lipinski definition) is 4. The van der Waals surface area contributed by atoms with Gasteiger partial charge in [-0.25, -0.2) is 4.79 Å². The van der Waals surface area contributed by atoms with Crippen molar-refractivity contribution in [2.75, 3.05) is 13.1 Å². The van der Waals surface area contributed by atoms with Gasteiger partial charge < -0.3 is 14.7 Å². The number of Topliss-reactive ketones (excluding diaryl/α,β-unsaturated/α-hetero) is 1. The smallest absolute Gasteiger partial charge is 0.410 e. The topological polar surface area (TPSA) is 66.8 Å². The van der Waals surface area contributed by atoms with Crippen LogP contribution in [0.2, 0.25) is 0 Å². The van der Waals surface area contributed by atoms with Crippen molar-refractivity contribution in [3.63, 3.8) is 0 Å². The second kappa shape index (κ2) is 5.59.